The molecule has 2 aromatic heterocycles. The molecule has 4 rings (SSSR count). The predicted octanol–water partition coefficient (Wildman–Crippen LogP) is 5.65. The lowest BCUT2D eigenvalue weighted by Gasteiger charge is -2.26. The summed E-state index contributed by atoms with van der Waals surface area (Å²) in [5, 5.41) is 4.52. The molecule has 3 aromatic rings. The topological polar surface area (TPSA) is 82.3 Å². The van der Waals surface area contributed by atoms with Crippen molar-refractivity contribution in [2.45, 2.75) is 31.9 Å². The van der Waals surface area contributed by atoms with Crippen molar-refractivity contribution in [3.8, 4) is 11.5 Å². The molecule has 0 saturated carbocycles. The van der Waals surface area contributed by atoms with E-state index in [1.54, 1.807) is 0 Å². The van der Waals surface area contributed by atoms with Gasteiger partial charge in [0.2, 0.25) is 0 Å². The number of amides is 2. The van der Waals surface area contributed by atoms with Gasteiger partial charge in [-0.3, -0.25) is 0 Å². The number of H-pyrrole nitrogens is 1. The van der Waals surface area contributed by atoms with Gasteiger partial charge in [0, 0.05) is 36.8 Å². The molecule has 1 aliphatic rings. The van der Waals surface area contributed by atoms with Crippen LogP contribution in [0.5, 0.6) is 11.5 Å². The molecule has 0 spiro atoms. The number of rotatable bonds is 7. The number of piperidine rings is 1. The molecular formula is C23H24F5N5O2. The van der Waals surface area contributed by atoms with Crippen LogP contribution in [0.1, 0.15) is 31.2 Å². The molecule has 1 aliphatic heterocycles. The first-order valence-electron chi connectivity index (χ1n) is 11.2. The maximum atomic E-state index is 14.6. The van der Waals surface area contributed by atoms with Crippen molar-refractivity contribution in [3.63, 3.8) is 0 Å². The highest BCUT2D eigenvalue weighted by atomic mass is 19.4. The Morgan fingerprint density at radius 3 is 2.54 bits per heavy atom. The number of likely N-dealkylation sites (tertiary alicyclic amines) is 1. The molecule has 188 valence electrons. The molecule has 2 amide bonds. The van der Waals surface area contributed by atoms with Gasteiger partial charge in [-0.2, -0.15) is 13.2 Å². The van der Waals surface area contributed by atoms with Gasteiger partial charge in [0.05, 0.1) is 10.9 Å². The summed E-state index contributed by atoms with van der Waals surface area (Å²) >= 11 is 0. The van der Waals surface area contributed by atoms with Gasteiger partial charge in [0.1, 0.15) is 11.4 Å². The van der Waals surface area contributed by atoms with Crippen LogP contribution >= 0.6 is 0 Å². The van der Waals surface area contributed by atoms with Gasteiger partial charge in [0.25, 0.3) is 0 Å². The molecule has 12 heteroatoms. The van der Waals surface area contributed by atoms with E-state index in [2.05, 4.69) is 25.5 Å². The molecular weight excluding hydrogens is 473 g/mol. The number of urea groups is 1. The Balaban J connectivity index is 1.40. The average Bonchev–Trinajstić information content (AvgIpc) is 3.26. The molecule has 0 atom stereocenters. The number of pyridine rings is 1. The van der Waals surface area contributed by atoms with E-state index in [0.29, 0.717) is 12.7 Å². The summed E-state index contributed by atoms with van der Waals surface area (Å²) in [5.41, 5.74) is -1.39. The van der Waals surface area contributed by atoms with Crippen LogP contribution in [0.4, 0.5) is 32.4 Å². The lowest BCUT2D eigenvalue weighted by atomic mass is 10.1. The van der Waals surface area contributed by atoms with Crippen LogP contribution in [0, 0.1) is 11.6 Å². The number of hydrogen-bond acceptors (Lipinski definition) is 4. The van der Waals surface area contributed by atoms with E-state index >= 15 is 0 Å². The Bertz CT molecular complexity index is 1170. The van der Waals surface area contributed by atoms with E-state index in [0.717, 1.165) is 50.5 Å². The fourth-order valence-electron chi connectivity index (χ4n) is 4.04. The molecule has 3 N–H and O–H groups in total. The second kappa shape index (κ2) is 10.5. The number of ether oxygens (including phenoxy) is 1. The molecule has 3 heterocycles. The van der Waals surface area contributed by atoms with E-state index in [1.807, 2.05) is 0 Å². The van der Waals surface area contributed by atoms with E-state index in [9.17, 15) is 26.7 Å². The molecule has 0 aliphatic carbocycles. The highest BCUT2D eigenvalue weighted by Crippen LogP contribution is 2.40. The number of nitrogens with zero attached hydrogens (tertiary/aromatic N) is 2. The summed E-state index contributed by atoms with van der Waals surface area (Å²) < 4.78 is 74.4. The Morgan fingerprint density at radius 2 is 1.86 bits per heavy atom. The molecule has 0 bridgehead atoms. The number of benzene rings is 1. The predicted molar refractivity (Wildman–Crippen MR) is 119 cm³/mol. The summed E-state index contributed by atoms with van der Waals surface area (Å²) in [7, 11) is 0. The third-order valence-electron chi connectivity index (χ3n) is 5.69. The van der Waals surface area contributed by atoms with Gasteiger partial charge in [-0.15, -0.1) is 0 Å². The highest BCUT2D eigenvalue weighted by molar-refractivity contribution is 5.89. The number of anilines is 1. The third kappa shape index (κ3) is 5.99. The number of hydrogen-bond donors (Lipinski definition) is 3. The van der Waals surface area contributed by atoms with Crippen LogP contribution in [0.3, 0.4) is 0 Å². The minimum atomic E-state index is -4.73. The minimum Gasteiger partial charge on any atom is -0.450 e. The van der Waals surface area contributed by atoms with Gasteiger partial charge < -0.3 is 25.3 Å². The van der Waals surface area contributed by atoms with Crippen LogP contribution in [0.15, 0.2) is 30.6 Å². The number of alkyl halides is 3. The van der Waals surface area contributed by atoms with Gasteiger partial charge in [-0.25, -0.2) is 18.6 Å². The van der Waals surface area contributed by atoms with E-state index in [1.165, 1.54) is 19.3 Å². The molecule has 7 nitrogen and oxygen atoms in total. The van der Waals surface area contributed by atoms with Crippen LogP contribution in [-0.2, 0) is 6.18 Å². The smallest absolute Gasteiger partial charge is 0.418 e. The largest absolute Gasteiger partial charge is 0.450 e. The number of aromatic amines is 1. The zero-order valence-electron chi connectivity index (χ0n) is 18.6. The maximum absolute atomic E-state index is 14.6. The standard InChI is InChI=1S/C23H24F5N5O2/c24-16-11-14(32-22(34)30-6-4-10-33-8-2-1-3-9-33)12-17(25)20(16)35-18-5-7-29-21-19(18)15(13-31-21)23(26,27)28/h5,7,11-13H,1-4,6,8-10H2,(H,29,31)(H2,30,32,34). The van der Waals surface area contributed by atoms with Crippen LogP contribution < -0.4 is 15.4 Å². The van der Waals surface area contributed by atoms with Crippen molar-refractivity contribution >= 4 is 22.8 Å². The van der Waals surface area contributed by atoms with E-state index < -0.39 is 46.3 Å². The Kier molecular flexibility index (Phi) is 7.39. The maximum Gasteiger partial charge on any atom is 0.418 e. The van der Waals surface area contributed by atoms with Crippen molar-refractivity contribution in [2.24, 2.45) is 0 Å². The molecule has 0 radical (unpaired) electrons. The highest BCUT2D eigenvalue weighted by Gasteiger charge is 2.35. The van der Waals surface area contributed by atoms with Gasteiger partial charge in [0.15, 0.2) is 17.4 Å². The number of carbonyl (C=O) groups is 1. The van der Waals surface area contributed by atoms with Crippen molar-refractivity contribution in [2.75, 3.05) is 31.5 Å². The normalized spacial score (nSPS) is 14.8. The van der Waals surface area contributed by atoms with Crippen LogP contribution in [-0.4, -0.2) is 47.1 Å². The van der Waals surface area contributed by atoms with E-state index in [-0.39, 0.29) is 11.3 Å². The third-order valence-corrected chi connectivity index (χ3v) is 5.69. The quantitative estimate of drug-likeness (QED) is 0.291. The zero-order chi connectivity index (χ0) is 25.0. The fourth-order valence-corrected chi connectivity index (χ4v) is 4.04. The van der Waals surface area contributed by atoms with Crippen molar-refractivity contribution < 1.29 is 31.5 Å². The summed E-state index contributed by atoms with van der Waals surface area (Å²) in [6.07, 6.45) is 1.44. The number of aromatic nitrogens is 2. The Labute approximate surface area is 197 Å². The Morgan fingerprint density at radius 1 is 1.14 bits per heavy atom. The average molecular weight is 497 g/mol. The van der Waals surface area contributed by atoms with Crippen LogP contribution in [0.2, 0.25) is 0 Å². The monoisotopic (exact) mass is 497 g/mol. The van der Waals surface area contributed by atoms with E-state index in [4.69, 9.17) is 4.74 Å². The lowest BCUT2D eigenvalue weighted by molar-refractivity contribution is -0.136. The first-order valence-corrected chi connectivity index (χ1v) is 11.2. The second-order valence-electron chi connectivity index (χ2n) is 8.24. The van der Waals surface area contributed by atoms with Gasteiger partial charge >= 0.3 is 12.2 Å². The fraction of sp³-hybridized carbons (Fsp3) is 0.391. The molecule has 1 aromatic carbocycles. The van der Waals surface area contributed by atoms with Gasteiger partial charge in [-0.1, -0.05) is 6.42 Å². The van der Waals surface area contributed by atoms with Crippen molar-refractivity contribution in [1.82, 2.24) is 20.2 Å². The second-order valence-corrected chi connectivity index (χ2v) is 8.24. The lowest BCUT2D eigenvalue weighted by Crippen LogP contribution is -2.34. The minimum absolute atomic E-state index is 0.147. The SMILES string of the molecule is O=C(NCCCN1CCCCC1)Nc1cc(F)c(Oc2ccnc3[nH]cc(C(F)(F)F)c23)c(F)c1. The number of nitrogens with one attached hydrogen (secondary N) is 3. The first-order chi connectivity index (χ1) is 16.7. The van der Waals surface area contributed by atoms with Crippen molar-refractivity contribution in [3.05, 3.63) is 47.8 Å². The zero-order valence-corrected chi connectivity index (χ0v) is 18.6. The molecule has 1 fully saturated rings. The number of fused-ring (bicyclic) bond motifs is 1. The molecule has 35 heavy (non-hydrogen) atoms. The number of halogens is 5. The summed E-state index contributed by atoms with van der Waals surface area (Å²) in [6, 6.07) is 2.10. The Hall–Kier alpha value is -3.41. The summed E-state index contributed by atoms with van der Waals surface area (Å²) in [6.45, 7) is 3.34. The summed E-state index contributed by atoms with van der Waals surface area (Å²) in [5.74, 6) is -3.72. The van der Waals surface area contributed by atoms with Crippen molar-refractivity contribution in [1.29, 1.82) is 0 Å². The van der Waals surface area contributed by atoms with Gasteiger partial charge in [-0.05, 0) is 45.0 Å². The summed E-state index contributed by atoms with van der Waals surface area (Å²) in [4.78, 5) is 20.6. The first kappa shape index (κ1) is 24.7. The molecule has 0 unspecified atom stereocenters. The van der Waals surface area contributed by atoms with Crippen LogP contribution in [0.25, 0.3) is 11.0 Å². The number of carbonyl (C=O) groups excluding carboxylic acids is 1. The molecule has 1 saturated heterocycles.